The zero-order chi connectivity index (χ0) is 15.2. The number of rotatable bonds is 7. The van der Waals surface area contributed by atoms with Crippen molar-refractivity contribution in [3.63, 3.8) is 0 Å². The molecule has 0 aliphatic heterocycles. The van der Waals surface area contributed by atoms with Gasteiger partial charge in [0.05, 0.1) is 0 Å². The molecule has 0 saturated heterocycles. The zero-order valence-corrected chi connectivity index (χ0v) is 14.7. The topological polar surface area (TPSA) is 46.5 Å². The van der Waals surface area contributed by atoms with Gasteiger partial charge in [0.1, 0.15) is 0 Å². The molecular weight excluding hydrogens is 284 g/mol. The molecule has 0 atom stereocenters. The van der Waals surface area contributed by atoms with E-state index in [0.717, 1.165) is 0 Å². The third kappa shape index (κ3) is 5.85. The van der Waals surface area contributed by atoms with E-state index in [-0.39, 0.29) is 6.42 Å². The van der Waals surface area contributed by atoms with Crippen molar-refractivity contribution in [1.29, 1.82) is 0 Å². The van der Waals surface area contributed by atoms with E-state index in [4.69, 9.17) is 9.22 Å². The maximum atomic E-state index is 10.5. The van der Waals surface area contributed by atoms with Gasteiger partial charge >= 0.3 is 5.97 Å². The molecule has 110 valence electrons. The van der Waals surface area contributed by atoms with Crippen LogP contribution in [0.1, 0.15) is 12.8 Å². The summed E-state index contributed by atoms with van der Waals surface area (Å²) in [5.74, 6) is -0.756. The summed E-state index contributed by atoms with van der Waals surface area (Å²) in [6.45, 7) is 8.73. The highest BCUT2D eigenvalue weighted by molar-refractivity contribution is 6.93. The Morgan fingerprint density at radius 3 is 2.35 bits per heavy atom. The smallest absolute Gasteiger partial charge is 0.303 e. The predicted molar refractivity (Wildman–Crippen MR) is 88.1 cm³/mol. The molecule has 0 aromatic heterocycles. The van der Waals surface area contributed by atoms with Gasteiger partial charge in [0.2, 0.25) is 8.32 Å². The molecule has 0 unspecified atom stereocenters. The van der Waals surface area contributed by atoms with Gasteiger partial charge in [0.25, 0.3) is 0 Å². The maximum Gasteiger partial charge on any atom is 0.303 e. The molecule has 1 rings (SSSR count). The Balaban J connectivity index is 2.67. The van der Waals surface area contributed by atoms with Crippen LogP contribution in [0, 0.1) is 0 Å². The van der Waals surface area contributed by atoms with Crippen LogP contribution >= 0.6 is 0 Å². The average Bonchev–Trinajstić information content (AvgIpc) is 2.34. The molecule has 0 fully saturated rings. The number of aliphatic carboxylic acids is 1. The van der Waals surface area contributed by atoms with E-state index < -0.39 is 22.6 Å². The lowest BCUT2D eigenvalue weighted by molar-refractivity contribution is -0.136. The number of allylic oxidation sites excluding steroid dienone is 1. The first-order valence-electron chi connectivity index (χ1n) is 6.88. The quantitative estimate of drug-likeness (QED) is 0.786. The van der Waals surface area contributed by atoms with Crippen molar-refractivity contribution in [2.75, 3.05) is 0 Å². The minimum atomic E-state index is -1.91. The third-order valence-corrected chi connectivity index (χ3v) is 9.94. The fourth-order valence-electron chi connectivity index (χ4n) is 2.16. The lowest BCUT2D eigenvalue weighted by Crippen LogP contribution is -2.51. The molecule has 0 aliphatic rings. The molecule has 0 aliphatic carbocycles. The Kier molecular flexibility index (Phi) is 5.92. The zero-order valence-electron chi connectivity index (χ0n) is 12.7. The minimum absolute atomic E-state index is 0.181. The van der Waals surface area contributed by atoms with Crippen molar-refractivity contribution >= 4 is 27.8 Å². The van der Waals surface area contributed by atoms with Gasteiger partial charge < -0.3 is 9.22 Å². The van der Waals surface area contributed by atoms with Crippen LogP contribution in [0.2, 0.25) is 26.2 Å². The summed E-state index contributed by atoms with van der Waals surface area (Å²) in [6, 6.07) is 10.4. The Bertz CT molecular complexity index is 467. The van der Waals surface area contributed by atoms with Crippen molar-refractivity contribution in [1.82, 2.24) is 0 Å². The largest absolute Gasteiger partial charge is 0.481 e. The van der Waals surface area contributed by atoms with Crippen LogP contribution in [0.5, 0.6) is 0 Å². The number of hydrogen-bond acceptors (Lipinski definition) is 2. The van der Waals surface area contributed by atoms with Gasteiger partial charge in [-0.2, -0.15) is 0 Å². The Hall–Kier alpha value is -1.18. The number of hydrogen-bond donors (Lipinski definition) is 1. The molecule has 5 heteroatoms. The second-order valence-corrected chi connectivity index (χ2v) is 13.9. The first kappa shape index (κ1) is 16.9. The molecule has 0 heterocycles. The molecule has 0 radical (unpaired) electrons. The van der Waals surface area contributed by atoms with Gasteiger partial charge in [0.15, 0.2) is 8.32 Å². The van der Waals surface area contributed by atoms with E-state index in [1.54, 1.807) is 0 Å². The SMILES string of the molecule is C[Si](C)(/C=C/CCC(=O)O)O[Si](C)(C)c1ccccc1. The van der Waals surface area contributed by atoms with Gasteiger partial charge in [0, 0.05) is 6.42 Å². The summed E-state index contributed by atoms with van der Waals surface area (Å²) in [5.41, 5.74) is 2.10. The van der Waals surface area contributed by atoms with E-state index in [1.165, 1.54) is 5.19 Å². The van der Waals surface area contributed by atoms with E-state index in [0.29, 0.717) is 6.42 Å². The first-order chi connectivity index (χ1) is 9.23. The second kappa shape index (κ2) is 7.01. The van der Waals surface area contributed by atoms with Crippen molar-refractivity contribution in [3.05, 3.63) is 42.1 Å². The van der Waals surface area contributed by atoms with Crippen LogP contribution < -0.4 is 5.19 Å². The second-order valence-electron chi connectivity index (χ2n) is 5.92. The summed E-state index contributed by atoms with van der Waals surface area (Å²) in [5, 5.41) is 9.92. The first-order valence-corrected chi connectivity index (χ1v) is 12.8. The molecule has 0 spiro atoms. The molecular formula is C15H24O3Si2. The predicted octanol–water partition coefficient (Wildman–Crippen LogP) is 3.28. The highest BCUT2D eigenvalue weighted by Crippen LogP contribution is 2.16. The van der Waals surface area contributed by atoms with Crippen molar-refractivity contribution in [3.8, 4) is 0 Å². The van der Waals surface area contributed by atoms with E-state index >= 15 is 0 Å². The van der Waals surface area contributed by atoms with Crippen LogP contribution in [0.4, 0.5) is 0 Å². The summed E-state index contributed by atoms with van der Waals surface area (Å²) < 4.78 is 6.46. The summed E-state index contributed by atoms with van der Waals surface area (Å²) in [6.07, 6.45) is 2.71. The van der Waals surface area contributed by atoms with Gasteiger partial charge in [-0.05, 0) is 37.8 Å². The molecule has 3 nitrogen and oxygen atoms in total. The van der Waals surface area contributed by atoms with E-state index in [2.05, 4.69) is 44.0 Å². The monoisotopic (exact) mass is 308 g/mol. The molecule has 0 amide bonds. The highest BCUT2D eigenvalue weighted by atomic mass is 28.4. The fourth-order valence-corrected chi connectivity index (χ4v) is 9.90. The maximum absolute atomic E-state index is 10.5. The van der Waals surface area contributed by atoms with Gasteiger partial charge in [-0.1, -0.05) is 42.1 Å². The molecule has 1 N–H and O–H groups in total. The van der Waals surface area contributed by atoms with E-state index in [9.17, 15) is 4.79 Å². The van der Waals surface area contributed by atoms with E-state index in [1.807, 2.05) is 24.3 Å². The van der Waals surface area contributed by atoms with Crippen LogP contribution in [-0.2, 0) is 8.91 Å². The molecule has 0 bridgehead atoms. The fraction of sp³-hybridized carbons (Fsp3) is 0.400. The summed E-state index contributed by atoms with van der Waals surface area (Å²) in [7, 11) is -3.81. The highest BCUT2D eigenvalue weighted by Gasteiger charge is 2.32. The molecule has 1 aromatic rings. The van der Waals surface area contributed by atoms with Crippen molar-refractivity contribution in [2.24, 2.45) is 0 Å². The normalized spacial score (nSPS) is 12.8. The standard InChI is InChI=1S/C15H24O3Si2/c1-19(2,13-9-8-12-15(16)17)18-20(3,4)14-10-6-5-7-11-14/h5-7,9-11,13H,8,12H2,1-4H3,(H,16,17)/b13-9+. The van der Waals surface area contributed by atoms with Crippen molar-refractivity contribution in [2.45, 2.75) is 39.0 Å². The lowest BCUT2D eigenvalue weighted by Gasteiger charge is -2.32. The van der Waals surface area contributed by atoms with Crippen LogP contribution in [0.25, 0.3) is 0 Å². The molecule has 0 saturated carbocycles. The number of carbonyl (C=O) groups is 1. The third-order valence-electron chi connectivity index (χ3n) is 3.03. The number of carboxylic acid groups (broad SMARTS) is 1. The van der Waals surface area contributed by atoms with Gasteiger partial charge in [-0.25, -0.2) is 0 Å². The number of carboxylic acids is 1. The molecule has 1 aromatic carbocycles. The lowest BCUT2D eigenvalue weighted by atomic mass is 10.3. The van der Waals surface area contributed by atoms with Crippen molar-refractivity contribution < 1.29 is 14.0 Å². The van der Waals surface area contributed by atoms with Gasteiger partial charge in [-0.15, -0.1) is 0 Å². The Morgan fingerprint density at radius 1 is 1.20 bits per heavy atom. The minimum Gasteiger partial charge on any atom is -0.481 e. The summed E-state index contributed by atoms with van der Waals surface area (Å²) in [4.78, 5) is 10.5. The Morgan fingerprint density at radius 2 is 1.80 bits per heavy atom. The van der Waals surface area contributed by atoms with Crippen LogP contribution in [0.15, 0.2) is 42.1 Å². The van der Waals surface area contributed by atoms with Gasteiger partial charge in [-0.3, -0.25) is 4.79 Å². The average molecular weight is 309 g/mol. The van der Waals surface area contributed by atoms with Crippen LogP contribution in [-0.4, -0.2) is 27.7 Å². The molecule has 20 heavy (non-hydrogen) atoms. The number of benzene rings is 1. The Labute approximate surface area is 123 Å². The van der Waals surface area contributed by atoms with Crippen LogP contribution in [0.3, 0.4) is 0 Å². The summed E-state index contributed by atoms with van der Waals surface area (Å²) >= 11 is 0.